The van der Waals surface area contributed by atoms with Crippen LogP contribution in [0.25, 0.3) is 0 Å². The third-order valence-corrected chi connectivity index (χ3v) is 4.20. The number of phenolic OH excluding ortho intramolecular Hbond substituents is 1. The van der Waals surface area contributed by atoms with Crippen LogP contribution in [0.2, 0.25) is 0 Å². The molecule has 0 saturated heterocycles. The van der Waals surface area contributed by atoms with Gasteiger partial charge in [0.05, 0.1) is 5.69 Å². The van der Waals surface area contributed by atoms with Gasteiger partial charge < -0.3 is 5.11 Å². The Hall–Kier alpha value is -2.88. The molecule has 0 spiro atoms. The summed E-state index contributed by atoms with van der Waals surface area (Å²) in [5, 5.41) is 9.71. The monoisotopic (exact) mass is 307 g/mol. The molecule has 116 valence electrons. The molecular weight excluding hydrogens is 290 g/mol. The van der Waals surface area contributed by atoms with E-state index in [1.807, 2.05) is 38.1 Å². The van der Waals surface area contributed by atoms with Crippen LogP contribution in [0.15, 0.2) is 60.7 Å². The molecule has 3 rings (SSSR count). The Morgan fingerprint density at radius 1 is 0.870 bits per heavy atom. The lowest BCUT2D eigenvalue weighted by Gasteiger charge is -2.27. The van der Waals surface area contributed by atoms with Crippen LogP contribution < -0.4 is 4.90 Å². The van der Waals surface area contributed by atoms with E-state index in [9.17, 15) is 14.7 Å². The standard InChI is InChI=1S/C19H17NO3/c1-19(2,14-6-4-8-16(21)12-14)13-5-3-7-15(11-13)20-17(22)9-10-18(20)23/h3-12,21H,1-2H3. The number of carbonyl (C=O) groups is 2. The van der Waals surface area contributed by atoms with Crippen molar-refractivity contribution in [1.29, 1.82) is 0 Å². The van der Waals surface area contributed by atoms with Gasteiger partial charge in [0.1, 0.15) is 5.75 Å². The molecule has 0 bridgehead atoms. The molecule has 0 aromatic heterocycles. The van der Waals surface area contributed by atoms with Gasteiger partial charge in [-0.2, -0.15) is 0 Å². The summed E-state index contributed by atoms with van der Waals surface area (Å²) in [4.78, 5) is 24.8. The summed E-state index contributed by atoms with van der Waals surface area (Å²) in [5.41, 5.74) is 2.07. The first-order chi connectivity index (χ1) is 10.9. The normalized spacial score (nSPS) is 14.6. The number of nitrogens with zero attached hydrogens (tertiary/aromatic N) is 1. The Balaban J connectivity index is 2.02. The van der Waals surface area contributed by atoms with Gasteiger partial charge in [0, 0.05) is 17.6 Å². The highest BCUT2D eigenvalue weighted by Crippen LogP contribution is 2.35. The van der Waals surface area contributed by atoms with Crippen LogP contribution in [0.4, 0.5) is 5.69 Å². The maximum Gasteiger partial charge on any atom is 0.258 e. The van der Waals surface area contributed by atoms with Crippen molar-refractivity contribution in [3.63, 3.8) is 0 Å². The predicted octanol–water partition coefficient (Wildman–Crippen LogP) is 3.15. The van der Waals surface area contributed by atoms with Crippen LogP contribution in [0.5, 0.6) is 5.75 Å². The summed E-state index contributed by atoms with van der Waals surface area (Å²) in [6, 6.07) is 14.5. The summed E-state index contributed by atoms with van der Waals surface area (Å²) >= 11 is 0. The van der Waals surface area contributed by atoms with Crippen molar-refractivity contribution in [2.45, 2.75) is 19.3 Å². The molecule has 1 N–H and O–H groups in total. The van der Waals surface area contributed by atoms with Gasteiger partial charge in [-0.15, -0.1) is 0 Å². The number of rotatable bonds is 3. The number of benzene rings is 2. The smallest absolute Gasteiger partial charge is 0.258 e. The molecule has 4 heteroatoms. The van der Waals surface area contributed by atoms with Crippen LogP contribution >= 0.6 is 0 Å². The van der Waals surface area contributed by atoms with E-state index >= 15 is 0 Å². The Morgan fingerprint density at radius 2 is 1.43 bits per heavy atom. The van der Waals surface area contributed by atoms with Crippen LogP contribution in [-0.2, 0) is 15.0 Å². The van der Waals surface area contributed by atoms with Crippen molar-refractivity contribution >= 4 is 17.5 Å². The summed E-state index contributed by atoms with van der Waals surface area (Å²) in [6.45, 7) is 4.07. The number of aromatic hydroxyl groups is 1. The minimum atomic E-state index is -0.381. The molecule has 0 aliphatic carbocycles. The fourth-order valence-electron chi connectivity index (χ4n) is 2.75. The molecule has 0 atom stereocenters. The fourth-order valence-corrected chi connectivity index (χ4v) is 2.75. The van der Waals surface area contributed by atoms with E-state index in [0.717, 1.165) is 16.0 Å². The average molecular weight is 307 g/mol. The fraction of sp³-hybridized carbons (Fsp3) is 0.158. The van der Waals surface area contributed by atoms with Crippen molar-refractivity contribution in [3.05, 3.63) is 71.8 Å². The first-order valence-corrected chi connectivity index (χ1v) is 7.36. The summed E-state index contributed by atoms with van der Waals surface area (Å²) in [5.74, 6) is -0.453. The molecule has 1 aliphatic rings. The zero-order chi connectivity index (χ0) is 16.6. The second-order valence-corrected chi connectivity index (χ2v) is 6.07. The molecule has 23 heavy (non-hydrogen) atoms. The van der Waals surface area contributed by atoms with Gasteiger partial charge in [0.2, 0.25) is 0 Å². The third-order valence-electron chi connectivity index (χ3n) is 4.20. The molecule has 4 nitrogen and oxygen atoms in total. The van der Waals surface area contributed by atoms with E-state index in [4.69, 9.17) is 0 Å². The highest BCUT2D eigenvalue weighted by molar-refractivity contribution is 6.28. The van der Waals surface area contributed by atoms with Crippen LogP contribution in [0.3, 0.4) is 0 Å². The lowest BCUT2D eigenvalue weighted by atomic mass is 9.78. The summed E-state index contributed by atoms with van der Waals surface area (Å²) in [6.07, 6.45) is 2.55. The lowest BCUT2D eigenvalue weighted by Crippen LogP contribution is -2.30. The second-order valence-electron chi connectivity index (χ2n) is 6.07. The molecule has 0 radical (unpaired) electrons. The quantitative estimate of drug-likeness (QED) is 0.886. The molecular formula is C19H17NO3. The average Bonchev–Trinajstić information content (AvgIpc) is 2.86. The number of carbonyl (C=O) groups excluding carboxylic acids is 2. The molecule has 1 aliphatic heterocycles. The molecule has 2 aromatic carbocycles. The van der Waals surface area contributed by atoms with Crippen LogP contribution in [-0.4, -0.2) is 16.9 Å². The Bertz CT molecular complexity index is 803. The van der Waals surface area contributed by atoms with Gasteiger partial charge in [-0.1, -0.05) is 38.1 Å². The van der Waals surface area contributed by atoms with Crippen molar-refractivity contribution in [2.75, 3.05) is 4.90 Å². The number of imide groups is 1. The zero-order valence-corrected chi connectivity index (χ0v) is 13.0. The third kappa shape index (κ3) is 2.63. The van der Waals surface area contributed by atoms with E-state index in [2.05, 4.69) is 0 Å². The second kappa shape index (κ2) is 5.39. The van der Waals surface area contributed by atoms with E-state index in [1.165, 1.54) is 12.2 Å². The molecule has 2 amide bonds. The number of hydrogen-bond donors (Lipinski definition) is 1. The summed E-state index contributed by atoms with van der Waals surface area (Å²) < 4.78 is 0. The maximum absolute atomic E-state index is 11.8. The zero-order valence-electron chi connectivity index (χ0n) is 13.0. The van der Waals surface area contributed by atoms with Crippen molar-refractivity contribution in [3.8, 4) is 5.75 Å². The number of amides is 2. The molecule has 0 saturated carbocycles. The van der Waals surface area contributed by atoms with Gasteiger partial charge in [0.25, 0.3) is 11.8 Å². The Morgan fingerprint density at radius 3 is 2.04 bits per heavy atom. The van der Waals surface area contributed by atoms with Crippen molar-refractivity contribution in [2.24, 2.45) is 0 Å². The first-order valence-electron chi connectivity index (χ1n) is 7.36. The van der Waals surface area contributed by atoms with Crippen molar-refractivity contribution < 1.29 is 14.7 Å². The number of phenols is 1. The van der Waals surface area contributed by atoms with E-state index in [0.29, 0.717) is 5.69 Å². The lowest BCUT2D eigenvalue weighted by molar-refractivity contribution is -0.119. The van der Waals surface area contributed by atoms with Crippen LogP contribution in [0, 0.1) is 0 Å². The van der Waals surface area contributed by atoms with E-state index < -0.39 is 0 Å². The minimum Gasteiger partial charge on any atom is -0.508 e. The largest absolute Gasteiger partial charge is 0.508 e. The van der Waals surface area contributed by atoms with Crippen molar-refractivity contribution in [1.82, 2.24) is 0 Å². The molecule has 0 unspecified atom stereocenters. The topological polar surface area (TPSA) is 57.6 Å². The highest BCUT2D eigenvalue weighted by Gasteiger charge is 2.28. The Kier molecular flexibility index (Phi) is 3.52. The predicted molar refractivity (Wildman–Crippen MR) is 88.3 cm³/mol. The minimum absolute atomic E-state index is 0.209. The molecule has 2 aromatic rings. The van der Waals surface area contributed by atoms with Gasteiger partial charge in [-0.05, 0) is 35.4 Å². The Labute approximate surface area is 134 Å². The maximum atomic E-state index is 11.8. The molecule has 0 fully saturated rings. The highest BCUT2D eigenvalue weighted by atomic mass is 16.3. The van der Waals surface area contributed by atoms with Gasteiger partial charge >= 0.3 is 0 Å². The first kappa shape index (κ1) is 15.0. The van der Waals surface area contributed by atoms with E-state index in [-0.39, 0.29) is 23.0 Å². The number of anilines is 1. The van der Waals surface area contributed by atoms with E-state index in [1.54, 1.807) is 24.3 Å². The van der Waals surface area contributed by atoms with Crippen LogP contribution in [0.1, 0.15) is 25.0 Å². The summed E-state index contributed by atoms with van der Waals surface area (Å²) in [7, 11) is 0. The molecule has 1 heterocycles. The number of hydrogen-bond acceptors (Lipinski definition) is 3. The van der Waals surface area contributed by atoms with Gasteiger partial charge in [0.15, 0.2) is 0 Å². The SMILES string of the molecule is CC(C)(c1cccc(O)c1)c1cccc(N2C(=O)C=CC2=O)c1. The van der Waals surface area contributed by atoms with Gasteiger partial charge in [-0.3, -0.25) is 9.59 Å². The van der Waals surface area contributed by atoms with Gasteiger partial charge in [-0.25, -0.2) is 4.90 Å².